The van der Waals surface area contributed by atoms with E-state index in [0.29, 0.717) is 25.7 Å². The molecule has 0 aliphatic carbocycles. The quantitative estimate of drug-likeness (QED) is 0.0173. The molecule has 0 fully saturated rings. The number of hydrogen-bond acceptors (Lipinski definition) is 7. The van der Waals surface area contributed by atoms with Crippen LogP contribution in [0.15, 0.2) is 48.6 Å². The number of carboxylic acids is 4. The molecule has 1 atom stereocenters. The molecule has 0 rings (SSSR count). The standard InChI is InChI=1S/C21H42O2Si.3C18H34O2.C6H14O3/c1-5-6-7-8-9-10-11-12-13-14-15-16-17-18-19-20(21(22)23)24(2,3)4;3*1-2-3-4-5-6-7-8-9-10-11-12-13-14-15-16-17-18(19)20;1-2-6(3-7,4-8)5-9/h12-13,20H,5-11,14-19H2,1-4H3,(H,22,23);3*9-10H,2-8,11-17H2,1H3,(H,19,20);7-9H,2-5H2,1H3/b13-12-;3*10-9-;. The van der Waals surface area contributed by atoms with Crippen LogP contribution in [-0.4, -0.2) is 87.5 Å². The molecule has 12 heteroatoms. The smallest absolute Gasteiger partial charge is 0.303 e. The second-order valence-electron chi connectivity index (χ2n) is 27.8. The lowest BCUT2D eigenvalue weighted by molar-refractivity contribution is -0.138. The number of rotatable bonds is 65. The molecule has 0 heterocycles. The summed E-state index contributed by atoms with van der Waals surface area (Å²) in [4.78, 5) is 42.3. The van der Waals surface area contributed by atoms with Crippen molar-refractivity contribution in [1.29, 1.82) is 0 Å². The highest BCUT2D eigenvalue weighted by atomic mass is 28.3. The normalized spacial score (nSPS) is 11.9. The largest absolute Gasteiger partial charge is 0.481 e. The van der Waals surface area contributed by atoms with Crippen LogP contribution in [0.5, 0.6) is 0 Å². The molecule has 93 heavy (non-hydrogen) atoms. The summed E-state index contributed by atoms with van der Waals surface area (Å²) >= 11 is 0. The number of unbranched alkanes of at least 4 members (excludes halogenated alkanes) is 43. The van der Waals surface area contributed by atoms with E-state index in [1.54, 1.807) is 0 Å². The molecule has 0 aliphatic heterocycles. The zero-order valence-electron chi connectivity index (χ0n) is 62.7. The van der Waals surface area contributed by atoms with Crippen LogP contribution in [0.3, 0.4) is 0 Å². The number of carbonyl (C=O) groups is 4. The zero-order chi connectivity index (χ0) is 70.3. The Balaban J connectivity index is -0.000000355. The van der Waals surface area contributed by atoms with E-state index >= 15 is 0 Å². The maximum atomic E-state index is 11.3. The van der Waals surface area contributed by atoms with E-state index in [0.717, 1.165) is 51.4 Å². The Morgan fingerprint density at radius 1 is 0.290 bits per heavy atom. The summed E-state index contributed by atoms with van der Waals surface area (Å²) in [7, 11) is -1.57. The van der Waals surface area contributed by atoms with Crippen molar-refractivity contribution in [3.8, 4) is 0 Å². The van der Waals surface area contributed by atoms with E-state index in [4.69, 9.17) is 30.6 Å². The lowest BCUT2D eigenvalue weighted by atomic mass is 9.88. The van der Waals surface area contributed by atoms with Crippen LogP contribution in [0.4, 0.5) is 0 Å². The average Bonchev–Trinajstić information content (AvgIpc) is 1.66. The second kappa shape index (κ2) is 83.2. The summed E-state index contributed by atoms with van der Waals surface area (Å²) in [5, 5.41) is 60.8. The van der Waals surface area contributed by atoms with Crippen LogP contribution in [0.2, 0.25) is 25.2 Å². The maximum Gasteiger partial charge on any atom is 0.303 e. The molecule has 0 aromatic rings. The van der Waals surface area contributed by atoms with E-state index in [2.05, 4.69) is 95.9 Å². The van der Waals surface area contributed by atoms with Crippen molar-refractivity contribution >= 4 is 32.0 Å². The van der Waals surface area contributed by atoms with Gasteiger partial charge in [-0.2, -0.15) is 0 Å². The van der Waals surface area contributed by atoms with Gasteiger partial charge in [0.15, 0.2) is 0 Å². The van der Waals surface area contributed by atoms with Crippen LogP contribution in [0, 0.1) is 5.41 Å². The Labute approximate surface area is 577 Å². The van der Waals surface area contributed by atoms with Crippen LogP contribution >= 0.6 is 0 Å². The first-order chi connectivity index (χ1) is 44.9. The molecule has 0 aromatic carbocycles. The summed E-state index contributed by atoms with van der Waals surface area (Å²) in [5.41, 5.74) is -0.741. The number of aliphatic hydroxyl groups is 3. The van der Waals surface area contributed by atoms with E-state index < -0.39 is 37.4 Å². The number of aliphatic carboxylic acids is 4. The Bertz CT molecular complexity index is 1500. The van der Waals surface area contributed by atoms with Crippen molar-refractivity contribution in [2.75, 3.05) is 19.8 Å². The van der Waals surface area contributed by atoms with Gasteiger partial charge in [-0.05, 0) is 135 Å². The third-order valence-corrected chi connectivity index (χ3v) is 20.2. The van der Waals surface area contributed by atoms with Crippen LogP contribution in [0.1, 0.15) is 394 Å². The van der Waals surface area contributed by atoms with Crippen molar-refractivity contribution in [1.82, 2.24) is 0 Å². The molecule has 0 aliphatic rings. The van der Waals surface area contributed by atoms with Gasteiger partial charge in [-0.25, -0.2) is 0 Å². The maximum absolute atomic E-state index is 11.3. The fraction of sp³-hybridized carbons (Fsp3) is 0.852. The SMILES string of the molecule is CCC(CO)(CO)CO.CCCCCCCC/C=C\CCCCCCC(C(=O)O)[Si](C)(C)C.CCCCCCCC/C=C\CCCCCCCC(=O)O.CCCCCCCC/C=C\CCCCCCCC(=O)O.CCCCCCCC/C=C\CCCCCCCC(=O)O. The van der Waals surface area contributed by atoms with Gasteiger partial charge < -0.3 is 35.7 Å². The van der Waals surface area contributed by atoms with Gasteiger partial charge in [0.25, 0.3) is 0 Å². The number of carboxylic acid groups (broad SMARTS) is 4. The highest BCUT2D eigenvalue weighted by Crippen LogP contribution is 2.28. The summed E-state index contributed by atoms with van der Waals surface area (Å²) in [6.45, 7) is 16.9. The van der Waals surface area contributed by atoms with Crippen LogP contribution in [0.25, 0.3) is 0 Å². The minimum Gasteiger partial charge on any atom is -0.481 e. The molecule has 1 unspecified atom stereocenters. The van der Waals surface area contributed by atoms with Crippen LogP contribution in [-0.2, 0) is 19.2 Å². The van der Waals surface area contributed by atoms with Gasteiger partial charge >= 0.3 is 23.9 Å². The van der Waals surface area contributed by atoms with Crippen molar-refractivity contribution in [2.45, 2.75) is 419 Å². The molecular weight excluding hydrogens is 1180 g/mol. The summed E-state index contributed by atoms with van der Waals surface area (Å²) in [6, 6.07) is 0. The first-order valence-corrected chi connectivity index (χ1v) is 42.8. The number of aliphatic hydroxyl groups excluding tert-OH is 3. The van der Waals surface area contributed by atoms with E-state index in [-0.39, 0.29) is 25.4 Å². The lowest BCUT2D eigenvalue weighted by Gasteiger charge is -2.24. The van der Waals surface area contributed by atoms with Crippen molar-refractivity contribution in [3.05, 3.63) is 48.6 Å². The van der Waals surface area contributed by atoms with E-state index in [1.165, 1.54) is 283 Å². The number of allylic oxidation sites excluding steroid dienone is 8. The molecule has 0 bridgehead atoms. The molecule has 0 aromatic heterocycles. The number of hydrogen-bond donors (Lipinski definition) is 7. The monoisotopic (exact) mass is 1340 g/mol. The Hall–Kier alpha value is -3.06. The second-order valence-corrected chi connectivity index (χ2v) is 33.2. The Morgan fingerprint density at radius 2 is 0.473 bits per heavy atom. The van der Waals surface area contributed by atoms with Crippen LogP contribution < -0.4 is 0 Å². The molecule has 11 nitrogen and oxygen atoms in total. The molecule has 0 saturated heterocycles. The fourth-order valence-electron chi connectivity index (χ4n) is 10.7. The van der Waals surface area contributed by atoms with Crippen molar-refractivity contribution in [2.24, 2.45) is 5.41 Å². The average molecular weight is 1340 g/mol. The van der Waals surface area contributed by atoms with Gasteiger partial charge in [0.2, 0.25) is 0 Å². The minimum absolute atomic E-state index is 0.0743. The first kappa shape index (κ1) is 98.6. The fourth-order valence-corrected chi connectivity index (χ4v) is 12.5. The Kier molecular flexibility index (Phi) is 88.2. The lowest BCUT2D eigenvalue weighted by Crippen LogP contribution is -2.33. The van der Waals surface area contributed by atoms with Crippen molar-refractivity contribution < 1.29 is 54.9 Å². The molecule has 552 valence electrons. The van der Waals surface area contributed by atoms with Gasteiger partial charge in [0.1, 0.15) is 0 Å². The van der Waals surface area contributed by atoms with E-state index in [1.807, 2.05) is 6.92 Å². The Morgan fingerprint density at radius 3 is 0.624 bits per heavy atom. The molecule has 0 radical (unpaired) electrons. The van der Waals surface area contributed by atoms with Gasteiger partial charge in [-0.1, -0.05) is 308 Å². The summed E-state index contributed by atoms with van der Waals surface area (Å²) in [5.74, 6) is -2.57. The summed E-state index contributed by atoms with van der Waals surface area (Å²) < 4.78 is 0. The zero-order valence-corrected chi connectivity index (χ0v) is 63.7. The topological polar surface area (TPSA) is 210 Å². The van der Waals surface area contributed by atoms with Crippen molar-refractivity contribution in [3.63, 3.8) is 0 Å². The molecular formula is C81H158O11Si. The van der Waals surface area contributed by atoms with Gasteiger partial charge in [-0.3, -0.25) is 19.2 Å². The molecule has 7 N–H and O–H groups in total. The predicted molar refractivity (Wildman–Crippen MR) is 405 cm³/mol. The van der Waals surface area contributed by atoms with Gasteiger partial charge in [0.05, 0.1) is 33.4 Å². The van der Waals surface area contributed by atoms with Gasteiger partial charge in [-0.15, -0.1) is 0 Å². The minimum atomic E-state index is -1.57. The first-order valence-electron chi connectivity index (χ1n) is 39.3. The summed E-state index contributed by atoms with van der Waals surface area (Å²) in [6.07, 6.45) is 85.3. The van der Waals surface area contributed by atoms with E-state index in [9.17, 15) is 24.3 Å². The highest BCUT2D eigenvalue weighted by molar-refractivity contribution is 6.80. The highest BCUT2D eigenvalue weighted by Gasteiger charge is 2.32. The third-order valence-electron chi connectivity index (χ3n) is 17.6. The van der Waals surface area contributed by atoms with Gasteiger partial charge in [0, 0.05) is 24.7 Å². The molecule has 0 spiro atoms. The predicted octanol–water partition coefficient (Wildman–Crippen LogP) is 25.1. The third kappa shape index (κ3) is 91.0. The molecule has 0 saturated carbocycles. The molecule has 0 amide bonds.